The molecular formula is C25H30ClFN2O3. The van der Waals surface area contributed by atoms with Crippen LogP contribution in [0.5, 0.6) is 5.75 Å². The Bertz CT molecular complexity index is 918. The second-order valence-electron chi connectivity index (χ2n) is 8.10. The fraction of sp³-hybridized carbons (Fsp3) is 0.440. The number of rotatable bonds is 9. The van der Waals surface area contributed by atoms with Crippen LogP contribution in [0.2, 0.25) is 5.02 Å². The molecule has 0 heterocycles. The van der Waals surface area contributed by atoms with E-state index in [4.69, 9.17) is 16.3 Å². The number of hydrogen-bond acceptors (Lipinski definition) is 3. The van der Waals surface area contributed by atoms with Gasteiger partial charge < -0.3 is 15.0 Å². The topological polar surface area (TPSA) is 58.6 Å². The van der Waals surface area contributed by atoms with Crippen molar-refractivity contribution < 1.29 is 18.7 Å². The number of hydrogen-bond donors (Lipinski definition) is 1. The Morgan fingerprint density at radius 3 is 2.50 bits per heavy atom. The molecule has 0 unspecified atom stereocenters. The maximum Gasteiger partial charge on any atom is 0.261 e. The van der Waals surface area contributed by atoms with Crippen LogP contribution in [-0.2, 0) is 16.1 Å². The Balaban J connectivity index is 1.77. The smallest absolute Gasteiger partial charge is 0.261 e. The first-order valence-corrected chi connectivity index (χ1v) is 11.6. The van der Waals surface area contributed by atoms with Crippen molar-refractivity contribution in [1.29, 1.82) is 0 Å². The van der Waals surface area contributed by atoms with Gasteiger partial charge in [-0.15, -0.1) is 0 Å². The summed E-state index contributed by atoms with van der Waals surface area (Å²) >= 11 is 6.33. The number of nitrogens with one attached hydrogen (secondary N) is 1. The van der Waals surface area contributed by atoms with Crippen LogP contribution in [0.3, 0.4) is 0 Å². The summed E-state index contributed by atoms with van der Waals surface area (Å²) in [7, 11) is 0. The van der Waals surface area contributed by atoms with E-state index in [0.29, 0.717) is 11.4 Å². The van der Waals surface area contributed by atoms with Crippen molar-refractivity contribution in [2.75, 3.05) is 6.61 Å². The van der Waals surface area contributed by atoms with E-state index in [1.807, 2.05) is 25.1 Å². The fourth-order valence-corrected chi connectivity index (χ4v) is 4.25. The van der Waals surface area contributed by atoms with Gasteiger partial charge >= 0.3 is 0 Å². The molecule has 3 rings (SSSR count). The van der Waals surface area contributed by atoms with Crippen LogP contribution in [0.25, 0.3) is 0 Å². The highest BCUT2D eigenvalue weighted by molar-refractivity contribution is 6.31. The van der Waals surface area contributed by atoms with E-state index in [9.17, 15) is 14.0 Å². The molecule has 7 heteroatoms. The molecule has 0 spiro atoms. The summed E-state index contributed by atoms with van der Waals surface area (Å²) in [6, 6.07) is 12.6. The van der Waals surface area contributed by atoms with Crippen molar-refractivity contribution in [2.45, 2.75) is 64.1 Å². The zero-order valence-electron chi connectivity index (χ0n) is 18.4. The van der Waals surface area contributed by atoms with E-state index >= 15 is 0 Å². The van der Waals surface area contributed by atoms with Crippen molar-refractivity contribution >= 4 is 23.4 Å². The van der Waals surface area contributed by atoms with Crippen molar-refractivity contribution in [1.82, 2.24) is 10.2 Å². The average Bonchev–Trinajstić information content (AvgIpc) is 2.80. The van der Waals surface area contributed by atoms with Gasteiger partial charge in [-0.3, -0.25) is 9.59 Å². The van der Waals surface area contributed by atoms with E-state index < -0.39 is 17.8 Å². The normalized spacial score (nSPS) is 15.1. The Hall–Kier alpha value is -2.60. The second kappa shape index (κ2) is 11.9. The molecule has 0 bridgehead atoms. The van der Waals surface area contributed by atoms with Gasteiger partial charge in [0.25, 0.3) is 5.91 Å². The number of para-hydroxylation sites is 1. The maximum absolute atomic E-state index is 13.9. The van der Waals surface area contributed by atoms with E-state index in [-0.39, 0.29) is 30.9 Å². The summed E-state index contributed by atoms with van der Waals surface area (Å²) in [6.45, 7) is 1.66. The predicted molar refractivity (Wildman–Crippen MR) is 123 cm³/mol. The lowest BCUT2D eigenvalue weighted by atomic mass is 9.95. The summed E-state index contributed by atoms with van der Waals surface area (Å²) in [5, 5.41) is 3.64. The predicted octanol–water partition coefficient (Wildman–Crippen LogP) is 5.11. The minimum Gasteiger partial charge on any atom is -0.481 e. The second-order valence-corrected chi connectivity index (χ2v) is 8.51. The summed E-state index contributed by atoms with van der Waals surface area (Å²) in [6.07, 6.45) is 5.73. The number of nitrogens with zero attached hydrogens (tertiary/aromatic N) is 1. The first kappa shape index (κ1) is 24.1. The molecule has 0 aliphatic heterocycles. The highest BCUT2D eigenvalue weighted by Crippen LogP contribution is 2.22. The zero-order valence-corrected chi connectivity index (χ0v) is 19.1. The number of ether oxygens (including phenoxy) is 1. The van der Waals surface area contributed by atoms with Gasteiger partial charge in [0.1, 0.15) is 6.04 Å². The van der Waals surface area contributed by atoms with Gasteiger partial charge in [-0.1, -0.05) is 68.1 Å². The summed E-state index contributed by atoms with van der Waals surface area (Å²) < 4.78 is 19.4. The minimum atomic E-state index is -0.676. The van der Waals surface area contributed by atoms with Gasteiger partial charge in [0.05, 0.1) is 0 Å². The molecule has 2 amide bonds. The number of benzene rings is 2. The third-order valence-electron chi connectivity index (χ3n) is 5.82. The lowest BCUT2D eigenvalue weighted by Crippen LogP contribution is -2.52. The van der Waals surface area contributed by atoms with Crippen LogP contribution < -0.4 is 10.1 Å². The Kier molecular flexibility index (Phi) is 8.91. The van der Waals surface area contributed by atoms with Crippen molar-refractivity contribution in [3.05, 3.63) is 64.9 Å². The highest BCUT2D eigenvalue weighted by Gasteiger charge is 2.31. The molecule has 1 N–H and O–H groups in total. The lowest BCUT2D eigenvalue weighted by molar-refractivity contribution is -0.143. The van der Waals surface area contributed by atoms with Gasteiger partial charge in [-0.05, 0) is 43.0 Å². The molecule has 2 aromatic rings. The van der Waals surface area contributed by atoms with Crippen LogP contribution in [0, 0.1) is 5.82 Å². The SMILES string of the molecule is CC[C@@H](C(=O)NC1CCCCC1)N(Cc1ccccc1Cl)C(=O)COc1ccccc1F. The molecule has 0 radical (unpaired) electrons. The Morgan fingerprint density at radius 2 is 1.81 bits per heavy atom. The van der Waals surface area contributed by atoms with Crippen molar-refractivity contribution in [3.8, 4) is 5.75 Å². The fourth-order valence-electron chi connectivity index (χ4n) is 4.06. The quantitative estimate of drug-likeness (QED) is 0.565. The first-order valence-electron chi connectivity index (χ1n) is 11.2. The van der Waals surface area contributed by atoms with Gasteiger partial charge in [0.15, 0.2) is 18.2 Å². The molecule has 1 saturated carbocycles. The van der Waals surface area contributed by atoms with Crippen molar-refractivity contribution in [3.63, 3.8) is 0 Å². The molecule has 1 aliphatic rings. The molecule has 0 aromatic heterocycles. The molecule has 2 aromatic carbocycles. The van der Waals surface area contributed by atoms with Crippen LogP contribution in [0.1, 0.15) is 51.0 Å². The zero-order chi connectivity index (χ0) is 22.9. The molecular weight excluding hydrogens is 431 g/mol. The minimum absolute atomic E-state index is 0.00162. The van der Waals surface area contributed by atoms with Gasteiger partial charge in [-0.25, -0.2) is 4.39 Å². The number of carbonyl (C=O) groups is 2. The van der Waals surface area contributed by atoms with Crippen molar-refractivity contribution in [2.24, 2.45) is 0 Å². The lowest BCUT2D eigenvalue weighted by Gasteiger charge is -2.33. The number of amides is 2. The van der Waals surface area contributed by atoms with Gasteiger partial charge in [0.2, 0.25) is 5.91 Å². The Morgan fingerprint density at radius 1 is 1.12 bits per heavy atom. The maximum atomic E-state index is 13.9. The largest absolute Gasteiger partial charge is 0.481 e. The standard InChI is InChI=1S/C25H30ClFN2O3/c1-2-22(25(31)28-19-11-4-3-5-12-19)29(16-18-10-6-7-13-20(18)26)24(30)17-32-23-15-9-8-14-21(23)27/h6-10,13-15,19,22H,2-5,11-12,16-17H2,1H3,(H,28,31)/t22-/m0/s1. The van der Waals surface area contributed by atoms with Crippen LogP contribution in [0.4, 0.5) is 4.39 Å². The molecule has 1 atom stereocenters. The van der Waals surface area contributed by atoms with E-state index in [1.54, 1.807) is 18.2 Å². The third kappa shape index (κ3) is 6.45. The number of carbonyl (C=O) groups excluding carboxylic acids is 2. The number of halogens is 2. The van der Waals surface area contributed by atoms with Gasteiger partial charge in [0, 0.05) is 17.6 Å². The summed E-state index contributed by atoms with van der Waals surface area (Å²) in [4.78, 5) is 27.8. The molecule has 5 nitrogen and oxygen atoms in total. The third-order valence-corrected chi connectivity index (χ3v) is 6.19. The average molecular weight is 461 g/mol. The van der Waals surface area contributed by atoms with E-state index in [0.717, 1.165) is 31.2 Å². The molecule has 1 aliphatic carbocycles. The van der Waals surface area contributed by atoms with Crippen LogP contribution >= 0.6 is 11.6 Å². The van der Waals surface area contributed by atoms with E-state index in [1.165, 1.54) is 23.5 Å². The van der Waals surface area contributed by atoms with Gasteiger partial charge in [-0.2, -0.15) is 0 Å². The van der Waals surface area contributed by atoms with Crippen LogP contribution in [0.15, 0.2) is 48.5 Å². The summed E-state index contributed by atoms with van der Waals surface area (Å²) in [5.41, 5.74) is 0.734. The van der Waals surface area contributed by atoms with Crippen LogP contribution in [-0.4, -0.2) is 35.4 Å². The Labute approximate surface area is 193 Å². The molecule has 0 saturated heterocycles. The molecule has 172 valence electrons. The molecule has 32 heavy (non-hydrogen) atoms. The monoisotopic (exact) mass is 460 g/mol. The summed E-state index contributed by atoms with van der Waals surface area (Å²) in [5.74, 6) is -1.12. The van der Waals surface area contributed by atoms with E-state index in [2.05, 4.69) is 5.32 Å². The first-order chi connectivity index (χ1) is 15.5. The molecule has 1 fully saturated rings. The highest BCUT2D eigenvalue weighted by atomic mass is 35.5.